The van der Waals surface area contributed by atoms with Crippen LogP contribution in [0.3, 0.4) is 0 Å². The Hall–Kier alpha value is -3.49. The van der Waals surface area contributed by atoms with E-state index in [1.807, 2.05) is 0 Å². The highest BCUT2D eigenvalue weighted by Crippen LogP contribution is 2.34. The number of halogens is 1. The third-order valence-electron chi connectivity index (χ3n) is 4.19. The molecule has 0 atom stereocenters. The number of benzene rings is 2. The van der Waals surface area contributed by atoms with Crippen LogP contribution in [-0.4, -0.2) is 46.9 Å². The van der Waals surface area contributed by atoms with E-state index in [2.05, 4.69) is 5.32 Å². The van der Waals surface area contributed by atoms with Gasteiger partial charge in [0.25, 0.3) is 5.91 Å². The van der Waals surface area contributed by atoms with E-state index in [-0.39, 0.29) is 18.7 Å². The summed E-state index contributed by atoms with van der Waals surface area (Å²) in [5.41, 5.74) is 1.07. The molecule has 2 rings (SSSR count). The number of nitrogens with one attached hydrogen (secondary N) is 1. The minimum Gasteiger partial charge on any atom is -0.496 e. The number of esters is 1. The fourth-order valence-electron chi connectivity index (χ4n) is 2.66. The first kappa shape index (κ1) is 22.8. The Bertz CT molecular complexity index is 901. The first-order valence-corrected chi connectivity index (χ1v) is 8.95. The van der Waals surface area contributed by atoms with E-state index < -0.39 is 24.3 Å². The van der Waals surface area contributed by atoms with Crippen LogP contribution in [0.4, 0.5) is 4.39 Å². The second-order valence-corrected chi connectivity index (χ2v) is 6.10. The van der Waals surface area contributed by atoms with Gasteiger partial charge in [-0.1, -0.05) is 6.07 Å². The van der Waals surface area contributed by atoms with E-state index >= 15 is 0 Å². The quantitative estimate of drug-likeness (QED) is 0.589. The number of methoxy groups -OCH3 is 4. The Morgan fingerprint density at radius 3 is 2.10 bits per heavy atom. The summed E-state index contributed by atoms with van der Waals surface area (Å²) in [6, 6.07) is 7.48. The molecule has 0 radical (unpaired) electrons. The van der Waals surface area contributed by atoms with Crippen molar-refractivity contribution < 1.29 is 37.7 Å². The van der Waals surface area contributed by atoms with Crippen molar-refractivity contribution >= 4 is 11.9 Å². The zero-order chi connectivity index (χ0) is 22.1. The molecule has 0 unspecified atom stereocenters. The molecule has 1 N–H and O–H groups in total. The summed E-state index contributed by atoms with van der Waals surface area (Å²) in [7, 11) is 5.85. The van der Waals surface area contributed by atoms with Gasteiger partial charge in [0.05, 0.1) is 34.9 Å². The van der Waals surface area contributed by atoms with Crippen molar-refractivity contribution in [1.82, 2.24) is 5.32 Å². The van der Waals surface area contributed by atoms with Crippen LogP contribution in [0.15, 0.2) is 30.3 Å². The lowest BCUT2D eigenvalue weighted by Crippen LogP contribution is -2.28. The first-order valence-electron chi connectivity index (χ1n) is 8.95. The molecule has 1 amide bonds. The van der Waals surface area contributed by atoms with Gasteiger partial charge in [0.15, 0.2) is 29.7 Å². The molecular formula is C21H24FNO7. The Morgan fingerprint density at radius 2 is 1.50 bits per heavy atom. The molecule has 0 bridgehead atoms. The predicted molar refractivity (Wildman–Crippen MR) is 106 cm³/mol. The van der Waals surface area contributed by atoms with Crippen LogP contribution in [0.25, 0.3) is 0 Å². The minimum absolute atomic E-state index is 0.0806. The van der Waals surface area contributed by atoms with Crippen LogP contribution < -0.4 is 24.3 Å². The topological polar surface area (TPSA) is 92.3 Å². The van der Waals surface area contributed by atoms with Crippen LogP contribution >= 0.6 is 0 Å². The summed E-state index contributed by atoms with van der Waals surface area (Å²) < 4.78 is 39.2. The Morgan fingerprint density at radius 1 is 0.867 bits per heavy atom. The molecule has 0 aliphatic carbocycles. The SMILES string of the molecule is COc1ccc(CC(=O)OCC(=O)NCc2cc(OC)c(OC)cc2OC)cc1F. The van der Waals surface area contributed by atoms with Gasteiger partial charge in [-0.15, -0.1) is 0 Å². The summed E-state index contributed by atoms with van der Waals surface area (Å²) in [5.74, 6) is -0.165. The van der Waals surface area contributed by atoms with Crippen molar-refractivity contribution in [3.63, 3.8) is 0 Å². The molecule has 0 saturated carbocycles. The molecule has 2 aromatic carbocycles. The summed E-state index contributed by atoms with van der Waals surface area (Å²) in [6.45, 7) is -0.337. The maximum Gasteiger partial charge on any atom is 0.310 e. The summed E-state index contributed by atoms with van der Waals surface area (Å²) >= 11 is 0. The highest BCUT2D eigenvalue weighted by atomic mass is 19.1. The number of carbonyl (C=O) groups excluding carboxylic acids is 2. The molecule has 0 saturated heterocycles. The normalized spacial score (nSPS) is 10.2. The average Bonchev–Trinajstić information content (AvgIpc) is 2.75. The van der Waals surface area contributed by atoms with Gasteiger partial charge in [-0.25, -0.2) is 4.39 Å². The zero-order valence-corrected chi connectivity index (χ0v) is 17.2. The maximum absolute atomic E-state index is 13.7. The lowest BCUT2D eigenvalue weighted by Gasteiger charge is -2.14. The number of carbonyl (C=O) groups is 2. The van der Waals surface area contributed by atoms with Crippen molar-refractivity contribution in [3.05, 3.63) is 47.3 Å². The molecule has 0 aliphatic heterocycles. The van der Waals surface area contributed by atoms with Gasteiger partial charge in [-0.05, 0) is 23.8 Å². The lowest BCUT2D eigenvalue weighted by atomic mass is 10.1. The van der Waals surface area contributed by atoms with Crippen molar-refractivity contribution in [2.45, 2.75) is 13.0 Å². The molecule has 0 heterocycles. The minimum atomic E-state index is -0.654. The van der Waals surface area contributed by atoms with Gasteiger partial charge < -0.3 is 29.0 Å². The largest absolute Gasteiger partial charge is 0.496 e. The summed E-state index contributed by atoms with van der Waals surface area (Å²) in [5, 5.41) is 2.64. The van der Waals surface area contributed by atoms with Gasteiger partial charge in [-0.3, -0.25) is 9.59 Å². The number of hydrogen-bond donors (Lipinski definition) is 1. The van der Waals surface area contributed by atoms with Crippen LogP contribution in [0.2, 0.25) is 0 Å². The fourth-order valence-corrected chi connectivity index (χ4v) is 2.66. The molecule has 2 aromatic rings. The van der Waals surface area contributed by atoms with Crippen molar-refractivity contribution in [3.8, 4) is 23.0 Å². The Labute approximate surface area is 173 Å². The third-order valence-corrected chi connectivity index (χ3v) is 4.19. The summed E-state index contributed by atoms with van der Waals surface area (Å²) in [6.07, 6.45) is -0.169. The number of hydrogen-bond acceptors (Lipinski definition) is 7. The Balaban J connectivity index is 1.87. The lowest BCUT2D eigenvalue weighted by molar-refractivity contribution is -0.147. The van der Waals surface area contributed by atoms with E-state index in [0.717, 1.165) is 0 Å². The van der Waals surface area contributed by atoms with Gasteiger partial charge >= 0.3 is 5.97 Å². The molecule has 8 nitrogen and oxygen atoms in total. The molecule has 162 valence electrons. The van der Waals surface area contributed by atoms with Gasteiger partial charge in [-0.2, -0.15) is 0 Å². The maximum atomic E-state index is 13.7. The summed E-state index contributed by atoms with van der Waals surface area (Å²) in [4.78, 5) is 23.9. The van der Waals surface area contributed by atoms with Gasteiger partial charge in [0.1, 0.15) is 5.75 Å². The highest BCUT2D eigenvalue weighted by molar-refractivity contribution is 5.81. The second kappa shape index (κ2) is 10.9. The fraction of sp³-hybridized carbons (Fsp3) is 0.333. The number of ether oxygens (including phenoxy) is 5. The van der Waals surface area contributed by atoms with Gasteiger partial charge in [0.2, 0.25) is 0 Å². The predicted octanol–water partition coefficient (Wildman–Crippen LogP) is 2.26. The molecular weight excluding hydrogens is 397 g/mol. The van der Waals surface area contributed by atoms with Crippen LogP contribution in [-0.2, 0) is 27.3 Å². The monoisotopic (exact) mass is 421 g/mol. The highest BCUT2D eigenvalue weighted by Gasteiger charge is 2.14. The van der Waals surface area contributed by atoms with E-state index in [0.29, 0.717) is 28.4 Å². The number of amides is 1. The zero-order valence-electron chi connectivity index (χ0n) is 17.2. The van der Waals surface area contributed by atoms with Crippen LogP contribution in [0.5, 0.6) is 23.0 Å². The molecule has 0 aromatic heterocycles. The molecule has 30 heavy (non-hydrogen) atoms. The average molecular weight is 421 g/mol. The first-order chi connectivity index (χ1) is 14.4. The smallest absolute Gasteiger partial charge is 0.310 e. The van der Waals surface area contributed by atoms with E-state index in [1.165, 1.54) is 40.6 Å². The van der Waals surface area contributed by atoms with Crippen molar-refractivity contribution in [1.29, 1.82) is 0 Å². The van der Waals surface area contributed by atoms with E-state index in [1.54, 1.807) is 18.2 Å². The second-order valence-electron chi connectivity index (χ2n) is 6.10. The van der Waals surface area contributed by atoms with Crippen molar-refractivity contribution in [2.24, 2.45) is 0 Å². The molecule has 0 spiro atoms. The Kier molecular flexibility index (Phi) is 8.28. The number of rotatable bonds is 10. The van der Waals surface area contributed by atoms with Crippen molar-refractivity contribution in [2.75, 3.05) is 35.0 Å². The van der Waals surface area contributed by atoms with Crippen LogP contribution in [0, 0.1) is 5.82 Å². The van der Waals surface area contributed by atoms with Crippen LogP contribution in [0.1, 0.15) is 11.1 Å². The molecule has 0 aliphatic rings. The molecule has 9 heteroatoms. The molecule has 0 fully saturated rings. The standard InChI is InChI=1S/C21H24FNO7/c1-26-16-6-5-13(7-15(16)22)8-21(25)30-12-20(24)23-11-14-9-18(28-3)19(29-4)10-17(14)27-2/h5-7,9-10H,8,11-12H2,1-4H3,(H,23,24). The van der Waals surface area contributed by atoms with E-state index in [4.69, 9.17) is 23.7 Å². The third kappa shape index (κ3) is 6.00. The van der Waals surface area contributed by atoms with E-state index in [9.17, 15) is 14.0 Å². The van der Waals surface area contributed by atoms with Gasteiger partial charge in [0, 0.05) is 18.2 Å².